The molecule has 0 saturated carbocycles. The van der Waals surface area contributed by atoms with Gasteiger partial charge in [-0.15, -0.1) is 0 Å². The number of benzene rings is 2. The minimum absolute atomic E-state index is 0.233. The molecule has 0 spiro atoms. The van der Waals surface area contributed by atoms with E-state index in [1.54, 1.807) is 7.11 Å². The third kappa shape index (κ3) is 5.68. The van der Waals surface area contributed by atoms with E-state index in [1.165, 1.54) is 19.1 Å². The minimum Gasteiger partial charge on any atom is -0.497 e. The van der Waals surface area contributed by atoms with Crippen molar-refractivity contribution in [3.05, 3.63) is 59.9 Å². The van der Waals surface area contributed by atoms with E-state index in [9.17, 15) is 17.6 Å². The summed E-state index contributed by atoms with van der Waals surface area (Å²) in [7, 11) is -2.14. The van der Waals surface area contributed by atoms with Crippen LogP contribution in [0, 0.1) is 5.82 Å². The van der Waals surface area contributed by atoms with Gasteiger partial charge >= 0.3 is 0 Å². The fraction of sp³-hybridized carbons (Fsp3) is 0.316. The molecule has 1 unspecified atom stereocenters. The number of hydrogen-bond donors (Lipinski definition) is 1. The first-order valence-electron chi connectivity index (χ1n) is 8.38. The summed E-state index contributed by atoms with van der Waals surface area (Å²) in [5.74, 6) is -0.165. The van der Waals surface area contributed by atoms with Crippen LogP contribution in [0.2, 0.25) is 0 Å². The van der Waals surface area contributed by atoms with Gasteiger partial charge in [-0.05, 0) is 55.3 Å². The number of rotatable bonds is 8. The number of amides is 1. The van der Waals surface area contributed by atoms with Crippen LogP contribution >= 0.6 is 0 Å². The van der Waals surface area contributed by atoms with Gasteiger partial charge in [-0.1, -0.05) is 12.1 Å². The highest BCUT2D eigenvalue weighted by Crippen LogP contribution is 2.21. The highest BCUT2D eigenvalue weighted by molar-refractivity contribution is 7.92. The number of methoxy groups -OCH3 is 1. The third-order valence-corrected chi connectivity index (χ3v) is 5.28. The molecule has 27 heavy (non-hydrogen) atoms. The summed E-state index contributed by atoms with van der Waals surface area (Å²) < 4.78 is 43.5. The van der Waals surface area contributed by atoms with Gasteiger partial charge in [-0.25, -0.2) is 12.8 Å². The van der Waals surface area contributed by atoms with Gasteiger partial charge in [0.15, 0.2) is 0 Å². The number of anilines is 1. The molecule has 2 rings (SSSR count). The van der Waals surface area contributed by atoms with Crippen LogP contribution in [0.15, 0.2) is 48.5 Å². The second kappa shape index (κ2) is 8.85. The second-order valence-electron chi connectivity index (χ2n) is 6.10. The lowest BCUT2D eigenvalue weighted by Gasteiger charge is -2.28. The number of carbonyl (C=O) groups excluding carboxylic acids is 1. The highest BCUT2D eigenvalue weighted by atomic mass is 32.2. The monoisotopic (exact) mass is 394 g/mol. The first kappa shape index (κ1) is 20.7. The van der Waals surface area contributed by atoms with Gasteiger partial charge in [0.1, 0.15) is 17.6 Å². The van der Waals surface area contributed by atoms with Gasteiger partial charge in [0.2, 0.25) is 15.9 Å². The summed E-state index contributed by atoms with van der Waals surface area (Å²) >= 11 is 0. The van der Waals surface area contributed by atoms with Crippen molar-refractivity contribution in [2.24, 2.45) is 0 Å². The van der Waals surface area contributed by atoms with Crippen molar-refractivity contribution in [1.29, 1.82) is 0 Å². The molecule has 1 atom stereocenters. The molecule has 146 valence electrons. The molecule has 0 aliphatic carbocycles. The lowest BCUT2D eigenvalue weighted by Crippen LogP contribution is -2.48. The van der Waals surface area contributed by atoms with Crippen LogP contribution in [-0.2, 0) is 21.2 Å². The van der Waals surface area contributed by atoms with E-state index in [0.29, 0.717) is 13.0 Å². The van der Waals surface area contributed by atoms with Crippen LogP contribution in [0.4, 0.5) is 10.1 Å². The van der Waals surface area contributed by atoms with Crippen molar-refractivity contribution >= 4 is 21.6 Å². The summed E-state index contributed by atoms with van der Waals surface area (Å²) in [5.41, 5.74) is 1.25. The van der Waals surface area contributed by atoms with Gasteiger partial charge in [0, 0.05) is 6.54 Å². The van der Waals surface area contributed by atoms with Crippen LogP contribution in [0.5, 0.6) is 5.75 Å². The number of sulfonamides is 1. The van der Waals surface area contributed by atoms with Gasteiger partial charge in [-0.2, -0.15) is 0 Å². The molecule has 0 bridgehead atoms. The largest absolute Gasteiger partial charge is 0.497 e. The van der Waals surface area contributed by atoms with Gasteiger partial charge in [0.05, 0.1) is 19.1 Å². The molecule has 6 nitrogen and oxygen atoms in total. The molecule has 2 aromatic rings. The van der Waals surface area contributed by atoms with Crippen molar-refractivity contribution < 1.29 is 22.3 Å². The maximum Gasteiger partial charge on any atom is 0.243 e. The zero-order chi connectivity index (χ0) is 20.0. The van der Waals surface area contributed by atoms with E-state index >= 15 is 0 Å². The number of ether oxygens (including phenoxy) is 1. The highest BCUT2D eigenvalue weighted by Gasteiger charge is 2.28. The SMILES string of the molecule is COc1ccc(CCNC(=O)C(C)N(c2ccc(F)cc2)S(C)(=O)=O)cc1. The molecule has 0 heterocycles. The summed E-state index contributed by atoms with van der Waals surface area (Å²) in [6.07, 6.45) is 1.61. The Kier molecular flexibility index (Phi) is 6.79. The molecule has 0 aromatic heterocycles. The molecule has 0 saturated heterocycles. The van der Waals surface area contributed by atoms with E-state index in [0.717, 1.165) is 34.0 Å². The predicted octanol–water partition coefficient (Wildman–Crippen LogP) is 2.35. The molecule has 0 fully saturated rings. The number of hydrogen-bond acceptors (Lipinski definition) is 4. The number of halogens is 1. The van der Waals surface area contributed by atoms with Gasteiger partial charge in [-0.3, -0.25) is 9.10 Å². The zero-order valence-corrected chi connectivity index (χ0v) is 16.3. The van der Waals surface area contributed by atoms with E-state index in [1.807, 2.05) is 24.3 Å². The Labute approximate surface area is 159 Å². The van der Waals surface area contributed by atoms with Crippen molar-refractivity contribution in [3.8, 4) is 5.75 Å². The average Bonchev–Trinajstić information content (AvgIpc) is 2.63. The molecule has 0 radical (unpaired) electrons. The van der Waals surface area contributed by atoms with Crippen molar-refractivity contribution in [3.63, 3.8) is 0 Å². The third-order valence-electron chi connectivity index (χ3n) is 4.04. The minimum atomic E-state index is -3.72. The Hall–Kier alpha value is -2.61. The first-order chi connectivity index (χ1) is 12.7. The molecule has 8 heteroatoms. The first-order valence-corrected chi connectivity index (χ1v) is 10.2. The normalized spacial score (nSPS) is 12.3. The topological polar surface area (TPSA) is 75.7 Å². The molecule has 0 aliphatic rings. The maximum atomic E-state index is 13.1. The van der Waals surface area contributed by atoms with Crippen LogP contribution in [0.3, 0.4) is 0 Å². The van der Waals surface area contributed by atoms with E-state index in [2.05, 4.69) is 5.32 Å². The number of nitrogens with zero attached hydrogens (tertiary/aromatic N) is 1. The Morgan fingerprint density at radius 2 is 1.74 bits per heavy atom. The average molecular weight is 394 g/mol. The van der Waals surface area contributed by atoms with E-state index in [-0.39, 0.29) is 5.69 Å². The van der Waals surface area contributed by atoms with Crippen molar-refractivity contribution in [2.45, 2.75) is 19.4 Å². The molecule has 0 aliphatic heterocycles. The molecule has 2 aromatic carbocycles. The van der Waals surface area contributed by atoms with Crippen LogP contribution < -0.4 is 14.4 Å². The predicted molar refractivity (Wildman–Crippen MR) is 103 cm³/mol. The standard InChI is InChI=1S/C19H23FN2O4S/c1-14(22(27(3,24)25)17-8-6-16(20)7-9-17)19(23)21-13-12-15-4-10-18(26-2)11-5-15/h4-11,14H,12-13H2,1-3H3,(H,21,23). The summed E-state index contributed by atoms with van der Waals surface area (Å²) in [6.45, 7) is 1.85. The zero-order valence-electron chi connectivity index (χ0n) is 15.5. The Morgan fingerprint density at radius 1 is 1.15 bits per heavy atom. The lowest BCUT2D eigenvalue weighted by molar-refractivity contribution is -0.121. The Balaban J connectivity index is 2.02. The van der Waals surface area contributed by atoms with Crippen LogP contribution in [0.1, 0.15) is 12.5 Å². The summed E-state index contributed by atoms with van der Waals surface area (Å²) in [6, 6.07) is 11.5. The van der Waals surface area contributed by atoms with E-state index in [4.69, 9.17) is 4.74 Å². The molecular formula is C19H23FN2O4S. The summed E-state index contributed by atoms with van der Waals surface area (Å²) in [5, 5.41) is 2.74. The van der Waals surface area contributed by atoms with Crippen molar-refractivity contribution in [1.82, 2.24) is 5.32 Å². The van der Waals surface area contributed by atoms with E-state index < -0.39 is 27.8 Å². The fourth-order valence-corrected chi connectivity index (χ4v) is 3.84. The smallest absolute Gasteiger partial charge is 0.243 e. The van der Waals surface area contributed by atoms with Crippen LogP contribution in [0.25, 0.3) is 0 Å². The van der Waals surface area contributed by atoms with Gasteiger partial charge in [0.25, 0.3) is 0 Å². The quantitative estimate of drug-likeness (QED) is 0.746. The fourth-order valence-electron chi connectivity index (χ4n) is 2.67. The molecule has 1 N–H and O–H groups in total. The second-order valence-corrected chi connectivity index (χ2v) is 7.96. The lowest BCUT2D eigenvalue weighted by atomic mass is 10.1. The Bertz CT molecular complexity index is 868. The summed E-state index contributed by atoms with van der Waals surface area (Å²) in [4.78, 5) is 12.5. The Morgan fingerprint density at radius 3 is 2.26 bits per heavy atom. The number of nitrogens with one attached hydrogen (secondary N) is 1. The van der Waals surface area contributed by atoms with Gasteiger partial charge < -0.3 is 10.1 Å². The van der Waals surface area contributed by atoms with Crippen molar-refractivity contribution in [2.75, 3.05) is 24.2 Å². The maximum absolute atomic E-state index is 13.1. The number of carbonyl (C=O) groups is 1. The molecule has 1 amide bonds. The molecular weight excluding hydrogens is 371 g/mol. The van der Waals surface area contributed by atoms with Crippen LogP contribution in [-0.4, -0.2) is 40.3 Å².